The predicted molar refractivity (Wildman–Crippen MR) is 73.7 cm³/mol. The van der Waals surface area contributed by atoms with Crippen LogP contribution in [0.15, 0.2) is 0 Å². The highest BCUT2D eigenvalue weighted by molar-refractivity contribution is 5.90. The van der Waals surface area contributed by atoms with Crippen molar-refractivity contribution in [3.63, 3.8) is 0 Å². The average Bonchev–Trinajstić information content (AvgIpc) is 2.81. The van der Waals surface area contributed by atoms with Gasteiger partial charge < -0.3 is 15.7 Å². The number of likely N-dealkylation sites (tertiary alicyclic amines) is 1. The van der Waals surface area contributed by atoms with Crippen LogP contribution in [-0.4, -0.2) is 40.0 Å². The molecule has 3 N–H and O–H groups in total. The molecule has 0 aromatic carbocycles. The van der Waals surface area contributed by atoms with E-state index in [4.69, 9.17) is 5.73 Å². The first-order chi connectivity index (χ1) is 8.90. The summed E-state index contributed by atoms with van der Waals surface area (Å²) in [5.74, 6) is -1.03. The average molecular weight is 270 g/mol. The molecule has 0 radical (unpaired) electrons. The fraction of sp³-hybridized carbons (Fsp3) is 0.857. The Hall–Kier alpha value is -1.10. The number of nitrogens with zero attached hydrogens (tertiary/aromatic N) is 1. The smallest absolute Gasteiger partial charge is 0.329 e. The predicted octanol–water partition coefficient (Wildman–Crippen LogP) is 1.61. The van der Waals surface area contributed by atoms with Crippen molar-refractivity contribution in [3.8, 4) is 0 Å². The molecule has 1 saturated heterocycles. The summed E-state index contributed by atoms with van der Waals surface area (Å²) in [5, 5.41) is 9.56. The molecule has 1 fully saturated rings. The monoisotopic (exact) mass is 270 g/mol. The maximum Gasteiger partial charge on any atom is 0.329 e. The van der Waals surface area contributed by atoms with Gasteiger partial charge in [-0.05, 0) is 25.2 Å². The van der Waals surface area contributed by atoms with Gasteiger partial charge in [0.15, 0.2) is 0 Å². The second kappa shape index (κ2) is 6.37. The summed E-state index contributed by atoms with van der Waals surface area (Å²) in [6.07, 6.45) is 3.34. The van der Waals surface area contributed by atoms with Crippen molar-refractivity contribution >= 4 is 11.9 Å². The molecule has 0 spiro atoms. The van der Waals surface area contributed by atoms with Crippen molar-refractivity contribution in [2.45, 2.75) is 64.5 Å². The molecule has 0 aromatic rings. The maximum absolute atomic E-state index is 12.5. The molecular weight excluding hydrogens is 244 g/mol. The number of hydrogen-bond donors (Lipinski definition) is 2. The lowest BCUT2D eigenvalue weighted by Crippen LogP contribution is -2.58. The Morgan fingerprint density at radius 2 is 2.05 bits per heavy atom. The van der Waals surface area contributed by atoms with Crippen LogP contribution < -0.4 is 5.73 Å². The largest absolute Gasteiger partial charge is 0.479 e. The Kier molecular flexibility index (Phi) is 5.35. The van der Waals surface area contributed by atoms with Crippen LogP contribution in [0.1, 0.15) is 52.9 Å². The van der Waals surface area contributed by atoms with Crippen molar-refractivity contribution in [1.29, 1.82) is 0 Å². The molecule has 0 aromatic heterocycles. The van der Waals surface area contributed by atoms with Gasteiger partial charge in [-0.2, -0.15) is 0 Å². The zero-order chi connectivity index (χ0) is 14.6. The first kappa shape index (κ1) is 16.0. The van der Waals surface area contributed by atoms with E-state index in [1.165, 1.54) is 4.90 Å². The highest BCUT2D eigenvalue weighted by atomic mass is 16.4. The number of carbonyl (C=O) groups excluding carboxylic acids is 1. The third-order valence-corrected chi connectivity index (χ3v) is 4.36. The first-order valence-corrected chi connectivity index (χ1v) is 7.21. The Balaban J connectivity index is 2.96. The molecule has 1 amide bonds. The van der Waals surface area contributed by atoms with Crippen LogP contribution in [0.25, 0.3) is 0 Å². The van der Waals surface area contributed by atoms with E-state index in [0.717, 1.165) is 19.3 Å². The normalized spacial score (nSPS) is 26.2. The molecule has 2 unspecified atom stereocenters. The lowest BCUT2D eigenvalue weighted by Gasteiger charge is -2.37. The van der Waals surface area contributed by atoms with E-state index >= 15 is 0 Å². The van der Waals surface area contributed by atoms with Crippen LogP contribution in [0, 0.1) is 5.92 Å². The van der Waals surface area contributed by atoms with E-state index in [-0.39, 0.29) is 11.8 Å². The number of rotatable bonds is 6. The molecule has 0 aliphatic carbocycles. The number of hydrogen-bond acceptors (Lipinski definition) is 3. The summed E-state index contributed by atoms with van der Waals surface area (Å²) < 4.78 is 0. The topological polar surface area (TPSA) is 83.6 Å². The molecule has 0 saturated carbocycles. The summed E-state index contributed by atoms with van der Waals surface area (Å²) >= 11 is 0. The summed E-state index contributed by atoms with van der Waals surface area (Å²) in [7, 11) is 0. The lowest BCUT2D eigenvalue weighted by molar-refractivity contribution is -0.158. The quantitative estimate of drug-likeness (QED) is 0.768. The van der Waals surface area contributed by atoms with E-state index in [2.05, 4.69) is 0 Å². The SMILES string of the molecule is CCCC1(C(=O)O)CCCN1C(=O)[C@@H](N)C(C)CC. The molecule has 1 heterocycles. The summed E-state index contributed by atoms with van der Waals surface area (Å²) in [6.45, 7) is 6.37. The summed E-state index contributed by atoms with van der Waals surface area (Å²) in [6, 6.07) is -0.598. The molecule has 1 rings (SSSR count). The van der Waals surface area contributed by atoms with Crippen LogP contribution >= 0.6 is 0 Å². The molecule has 0 bridgehead atoms. The van der Waals surface area contributed by atoms with Gasteiger partial charge in [0.2, 0.25) is 5.91 Å². The van der Waals surface area contributed by atoms with Gasteiger partial charge in [0.1, 0.15) is 5.54 Å². The highest BCUT2D eigenvalue weighted by Gasteiger charge is 2.50. The van der Waals surface area contributed by atoms with E-state index in [1.807, 2.05) is 20.8 Å². The van der Waals surface area contributed by atoms with E-state index in [9.17, 15) is 14.7 Å². The Labute approximate surface area is 115 Å². The Morgan fingerprint density at radius 3 is 2.53 bits per heavy atom. The van der Waals surface area contributed by atoms with Crippen molar-refractivity contribution in [2.24, 2.45) is 11.7 Å². The minimum Gasteiger partial charge on any atom is -0.479 e. The van der Waals surface area contributed by atoms with Gasteiger partial charge in [-0.3, -0.25) is 4.79 Å². The highest BCUT2D eigenvalue weighted by Crippen LogP contribution is 2.35. The molecule has 1 aliphatic heterocycles. The Bertz CT molecular complexity index is 346. The van der Waals surface area contributed by atoms with Gasteiger partial charge >= 0.3 is 5.97 Å². The maximum atomic E-state index is 12.5. The number of carboxylic acid groups (broad SMARTS) is 1. The zero-order valence-electron chi connectivity index (χ0n) is 12.2. The summed E-state index contributed by atoms with van der Waals surface area (Å²) in [5.41, 5.74) is 4.95. The van der Waals surface area contributed by atoms with Crippen molar-refractivity contribution in [2.75, 3.05) is 6.54 Å². The fourth-order valence-corrected chi connectivity index (χ4v) is 2.88. The van der Waals surface area contributed by atoms with E-state index in [0.29, 0.717) is 19.4 Å². The third-order valence-electron chi connectivity index (χ3n) is 4.36. The van der Waals surface area contributed by atoms with Crippen LogP contribution in [0.4, 0.5) is 0 Å². The zero-order valence-corrected chi connectivity index (χ0v) is 12.2. The number of nitrogens with two attached hydrogens (primary N) is 1. The van der Waals surface area contributed by atoms with Gasteiger partial charge in [-0.15, -0.1) is 0 Å². The lowest BCUT2D eigenvalue weighted by atomic mass is 9.89. The van der Waals surface area contributed by atoms with Crippen LogP contribution in [0.5, 0.6) is 0 Å². The first-order valence-electron chi connectivity index (χ1n) is 7.21. The third kappa shape index (κ3) is 2.91. The standard InChI is InChI=1S/C14H26N2O3/c1-4-7-14(13(18)19)8-6-9-16(14)12(17)11(15)10(3)5-2/h10-11H,4-9,15H2,1-3H3,(H,18,19)/t10?,11-,14?/m0/s1. The van der Waals surface area contributed by atoms with E-state index in [1.54, 1.807) is 0 Å². The van der Waals surface area contributed by atoms with Gasteiger partial charge in [-0.1, -0.05) is 33.6 Å². The number of carbonyl (C=O) groups is 2. The van der Waals surface area contributed by atoms with Crippen molar-refractivity contribution < 1.29 is 14.7 Å². The van der Waals surface area contributed by atoms with Crippen LogP contribution in [-0.2, 0) is 9.59 Å². The van der Waals surface area contributed by atoms with Crippen LogP contribution in [0.3, 0.4) is 0 Å². The van der Waals surface area contributed by atoms with Gasteiger partial charge in [-0.25, -0.2) is 4.79 Å². The van der Waals surface area contributed by atoms with Gasteiger partial charge in [0, 0.05) is 6.54 Å². The van der Waals surface area contributed by atoms with Gasteiger partial charge in [0.05, 0.1) is 6.04 Å². The molecule has 5 nitrogen and oxygen atoms in total. The minimum absolute atomic E-state index is 0.0706. The number of aliphatic carboxylic acids is 1. The molecule has 19 heavy (non-hydrogen) atoms. The second-order valence-electron chi connectivity index (χ2n) is 5.59. The fourth-order valence-electron chi connectivity index (χ4n) is 2.88. The second-order valence-corrected chi connectivity index (χ2v) is 5.59. The van der Waals surface area contributed by atoms with E-state index < -0.39 is 17.6 Å². The van der Waals surface area contributed by atoms with Gasteiger partial charge in [0.25, 0.3) is 0 Å². The molecular formula is C14H26N2O3. The molecule has 5 heteroatoms. The Morgan fingerprint density at radius 1 is 1.42 bits per heavy atom. The molecule has 110 valence electrons. The number of carboxylic acids is 1. The molecule has 1 aliphatic rings. The summed E-state index contributed by atoms with van der Waals surface area (Å²) in [4.78, 5) is 25.7. The van der Waals surface area contributed by atoms with Crippen LogP contribution in [0.2, 0.25) is 0 Å². The van der Waals surface area contributed by atoms with Crippen molar-refractivity contribution in [1.82, 2.24) is 4.90 Å². The minimum atomic E-state index is -1.03. The number of amides is 1. The molecule has 3 atom stereocenters. The van der Waals surface area contributed by atoms with Crippen molar-refractivity contribution in [3.05, 3.63) is 0 Å².